The number of ketones is 1. The minimum atomic E-state index is -0.780. The third kappa shape index (κ3) is 4.42. The number of nitrogens with zero attached hydrogens (tertiary/aromatic N) is 2. The summed E-state index contributed by atoms with van der Waals surface area (Å²) in [5.41, 5.74) is 2.86. The number of amides is 1. The Labute approximate surface area is 192 Å². The molecule has 1 amide bonds. The molecule has 0 radical (unpaired) electrons. The molecule has 1 N–H and O–H groups in total. The quantitative estimate of drug-likeness (QED) is 0.344. The normalized spacial score (nSPS) is 18.1. The smallest absolute Gasteiger partial charge is 0.295 e. The fourth-order valence-electron chi connectivity index (χ4n) is 4.01. The van der Waals surface area contributed by atoms with E-state index in [-0.39, 0.29) is 29.1 Å². The molecule has 6 heteroatoms. The van der Waals surface area contributed by atoms with Crippen LogP contribution >= 0.6 is 0 Å². The minimum absolute atomic E-state index is 0.0248. The van der Waals surface area contributed by atoms with E-state index in [0.717, 1.165) is 5.56 Å². The molecule has 2 aromatic carbocycles. The van der Waals surface area contributed by atoms with Crippen molar-refractivity contribution in [3.8, 4) is 0 Å². The van der Waals surface area contributed by atoms with Crippen molar-refractivity contribution in [2.24, 2.45) is 0 Å². The maximum atomic E-state index is 13.4. The van der Waals surface area contributed by atoms with Gasteiger partial charge in [0.05, 0.1) is 11.6 Å². The summed E-state index contributed by atoms with van der Waals surface area (Å²) >= 11 is 0. The van der Waals surface area contributed by atoms with Gasteiger partial charge in [-0.15, -0.1) is 0 Å². The number of aromatic nitrogens is 1. The summed E-state index contributed by atoms with van der Waals surface area (Å²) in [6.07, 6.45) is 3.02. The maximum Gasteiger partial charge on any atom is 0.295 e. The molecule has 0 bridgehead atoms. The number of aliphatic hydroxyl groups excluding tert-OH is 1. The van der Waals surface area contributed by atoms with Crippen molar-refractivity contribution in [3.63, 3.8) is 0 Å². The molecular formula is C27H25FN2O3. The number of pyridine rings is 1. The van der Waals surface area contributed by atoms with Gasteiger partial charge in [-0.05, 0) is 46.4 Å². The maximum absolute atomic E-state index is 13.4. The average Bonchev–Trinajstić information content (AvgIpc) is 3.05. The van der Waals surface area contributed by atoms with Gasteiger partial charge in [0.15, 0.2) is 0 Å². The highest BCUT2D eigenvalue weighted by atomic mass is 19.1. The zero-order valence-electron chi connectivity index (χ0n) is 18.7. The highest BCUT2D eigenvalue weighted by Crippen LogP contribution is 2.40. The van der Waals surface area contributed by atoms with Gasteiger partial charge in [0.2, 0.25) is 0 Å². The summed E-state index contributed by atoms with van der Waals surface area (Å²) in [6, 6.07) is 15.9. The molecular weight excluding hydrogens is 419 g/mol. The SMILES string of the molecule is CC(C)(C)c1ccc(C2/C(=C(/O)c3ccncc3)C(=O)C(=O)N2Cc2ccc(F)cc2)cc1. The second kappa shape index (κ2) is 8.62. The molecule has 33 heavy (non-hydrogen) atoms. The van der Waals surface area contributed by atoms with Gasteiger partial charge in [-0.1, -0.05) is 57.2 Å². The number of carbonyl (C=O) groups is 2. The molecule has 1 aliphatic heterocycles. The van der Waals surface area contributed by atoms with Crippen LogP contribution in [0.25, 0.3) is 5.76 Å². The first-order valence-electron chi connectivity index (χ1n) is 10.7. The van der Waals surface area contributed by atoms with Crippen LogP contribution in [0.15, 0.2) is 78.6 Å². The first-order chi connectivity index (χ1) is 15.7. The van der Waals surface area contributed by atoms with E-state index in [1.807, 2.05) is 24.3 Å². The van der Waals surface area contributed by atoms with Crippen LogP contribution in [0.2, 0.25) is 0 Å². The highest BCUT2D eigenvalue weighted by Gasteiger charge is 2.46. The van der Waals surface area contributed by atoms with Crippen molar-refractivity contribution in [2.45, 2.75) is 38.8 Å². The average molecular weight is 445 g/mol. The monoisotopic (exact) mass is 444 g/mol. The van der Waals surface area contributed by atoms with Gasteiger partial charge in [-0.3, -0.25) is 14.6 Å². The molecule has 1 saturated heterocycles. The Morgan fingerprint density at radius 3 is 2.15 bits per heavy atom. The van der Waals surface area contributed by atoms with Crippen molar-refractivity contribution in [3.05, 3.63) is 107 Å². The predicted molar refractivity (Wildman–Crippen MR) is 124 cm³/mol. The van der Waals surface area contributed by atoms with Gasteiger partial charge < -0.3 is 10.0 Å². The van der Waals surface area contributed by atoms with Gasteiger partial charge in [-0.25, -0.2) is 4.39 Å². The molecule has 0 aliphatic carbocycles. The van der Waals surface area contributed by atoms with E-state index < -0.39 is 17.7 Å². The number of benzene rings is 2. The van der Waals surface area contributed by atoms with E-state index >= 15 is 0 Å². The van der Waals surface area contributed by atoms with Crippen molar-refractivity contribution in [1.29, 1.82) is 0 Å². The molecule has 2 heterocycles. The number of halogens is 1. The Bertz CT molecular complexity index is 1210. The standard InChI is InChI=1S/C27H25FN2O3/c1-27(2,3)20-8-6-18(7-9-20)23-22(24(31)19-12-14-29-15-13-19)25(32)26(33)30(23)16-17-4-10-21(28)11-5-17/h4-15,23,31H,16H2,1-3H3/b24-22-. The van der Waals surface area contributed by atoms with Crippen LogP contribution in [0.1, 0.15) is 49.1 Å². The lowest BCUT2D eigenvalue weighted by molar-refractivity contribution is -0.140. The van der Waals surface area contributed by atoms with Crippen molar-refractivity contribution >= 4 is 17.4 Å². The van der Waals surface area contributed by atoms with E-state index in [2.05, 4.69) is 25.8 Å². The van der Waals surface area contributed by atoms with Gasteiger partial charge in [-0.2, -0.15) is 0 Å². The molecule has 1 aliphatic rings. The fourth-order valence-corrected chi connectivity index (χ4v) is 4.01. The third-order valence-electron chi connectivity index (χ3n) is 5.85. The Kier molecular flexibility index (Phi) is 5.85. The summed E-state index contributed by atoms with van der Waals surface area (Å²) < 4.78 is 13.4. The van der Waals surface area contributed by atoms with Crippen LogP contribution in [-0.4, -0.2) is 26.7 Å². The number of Topliss-reactive ketones (excluding diaryl/α,β-unsaturated/α-hetero) is 1. The second-order valence-corrected chi connectivity index (χ2v) is 9.16. The number of aliphatic hydroxyl groups is 1. The molecule has 168 valence electrons. The molecule has 1 unspecified atom stereocenters. The molecule has 0 saturated carbocycles. The zero-order chi connectivity index (χ0) is 23.8. The molecule has 1 aromatic heterocycles. The first kappa shape index (κ1) is 22.4. The number of rotatable bonds is 4. The summed E-state index contributed by atoms with van der Waals surface area (Å²) in [5.74, 6) is -2.09. The number of hydrogen-bond donors (Lipinski definition) is 1. The van der Waals surface area contributed by atoms with Gasteiger partial charge in [0, 0.05) is 24.5 Å². The van der Waals surface area contributed by atoms with E-state index in [4.69, 9.17) is 0 Å². The number of carbonyl (C=O) groups excluding carboxylic acids is 2. The Hall–Kier alpha value is -3.80. The van der Waals surface area contributed by atoms with Gasteiger partial charge in [0.25, 0.3) is 11.7 Å². The number of likely N-dealkylation sites (tertiary alicyclic amines) is 1. The van der Waals surface area contributed by atoms with Crippen LogP contribution in [0.3, 0.4) is 0 Å². The molecule has 1 fully saturated rings. The summed E-state index contributed by atoms with van der Waals surface area (Å²) in [7, 11) is 0. The highest BCUT2D eigenvalue weighted by molar-refractivity contribution is 6.46. The molecule has 0 spiro atoms. The largest absolute Gasteiger partial charge is 0.507 e. The molecule has 3 aromatic rings. The van der Waals surface area contributed by atoms with E-state index in [1.54, 1.807) is 24.3 Å². The lowest BCUT2D eigenvalue weighted by atomic mass is 9.85. The summed E-state index contributed by atoms with van der Waals surface area (Å²) in [5, 5.41) is 11.0. The van der Waals surface area contributed by atoms with Gasteiger partial charge >= 0.3 is 0 Å². The third-order valence-corrected chi connectivity index (χ3v) is 5.85. The summed E-state index contributed by atoms with van der Waals surface area (Å²) in [4.78, 5) is 31.6. The lowest BCUT2D eigenvalue weighted by Crippen LogP contribution is -2.29. The fraction of sp³-hybridized carbons (Fsp3) is 0.222. The van der Waals surface area contributed by atoms with Crippen LogP contribution in [0.4, 0.5) is 4.39 Å². The zero-order valence-corrected chi connectivity index (χ0v) is 18.7. The van der Waals surface area contributed by atoms with E-state index in [1.165, 1.54) is 29.4 Å². The lowest BCUT2D eigenvalue weighted by Gasteiger charge is -2.26. The molecule has 5 nitrogen and oxygen atoms in total. The van der Waals surface area contributed by atoms with Gasteiger partial charge in [0.1, 0.15) is 11.6 Å². The van der Waals surface area contributed by atoms with Crippen LogP contribution in [-0.2, 0) is 21.5 Å². The molecule has 1 atom stereocenters. The molecule has 4 rings (SSSR count). The Morgan fingerprint density at radius 2 is 1.58 bits per heavy atom. The van der Waals surface area contributed by atoms with Crippen molar-refractivity contribution in [1.82, 2.24) is 9.88 Å². The minimum Gasteiger partial charge on any atom is -0.507 e. The van der Waals surface area contributed by atoms with Crippen molar-refractivity contribution < 1.29 is 19.1 Å². The van der Waals surface area contributed by atoms with Crippen LogP contribution in [0.5, 0.6) is 0 Å². The predicted octanol–water partition coefficient (Wildman–Crippen LogP) is 5.14. The van der Waals surface area contributed by atoms with E-state index in [0.29, 0.717) is 16.7 Å². The topological polar surface area (TPSA) is 70.5 Å². The van der Waals surface area contributed by atoms with Crippen LogP contribution in [0, 0.1) is 5.82 Å². The second-order valence-electron chi connectivity index (χ2n) is 9.16. The van der Waals surface area contributed by atoms with Crippen molar-refractivity contribution in [2.75, 3.05) is 0 Å². The summed E-state index contributed by atoms with van der Waals surface area (Å²) in [6.45, 7) is 6.41. The number of hydrogen-bond acceptors (Lipinski definition) is 4. The Morgan fingerprint density at radius 1 is 0.970 bits per heavy atom. The first-order valence-corrected chi connectivity index (χ1v) is 10.7. The van der Waals surface area contributed by atoms with E-state index in [9.17, 15) is 19.1 Å². The Balaban J connectivity index is 1.84. The van der Waals surface area contributed by atoms with Crippen LogP contribution < -0.4 is 0 Å².